The number of likely N-dealkylation sites (tertiary alicyclic amines) is 1. The third kappa shape index (κ3) is 3.46. The number of carbonyl (C=O) groups is 2. The zero-order valence-corrected chi connectivity index (χ0v) is 11.0. The maximum atomic E-state index is 13.6. The number of halogens is 2. The molecular weight excluding hydrogens is 286 g/mol. The van der Waals surface area contributed by atoms with Crippen molar-refractivity contribution in [3.8, 4) is 0 Å². The number of aromatic carboxylic acids is 1. The van der Waals surface area contributed by atoms with Gasteiger partial charge in [0.1, 0.15) is 11.6 Å². The first-order valence-electron chi connectivity index (χ1n) is 6.35. The van der Waals surface area contributed by atoms with Crippen molar-refractivity contribution < 1.29 is 28.6 Å². The van der Waals surface area contributed by atoms with Gasteiger partial charge in [-0.2, -0.15) is 0 Å². The minimum atomic E-state index is -1.56. The fourth-order valence-electron chi connectivity index (χ4n) is 2.14. The summed E-state index contributed by atoms with van der Waals surface area (Å²) < 4.78 is 26.8. The molecule has 0 spiro atoms. The highest BCUT2D eigenvalue weighted by Gasteiger charge is 2.23. The molecule has 0 radical (unpaired) electrons. The van der Waals surface area contributed by atoms with Crippen LogP contribution < -0.4 is 5.32 Å². The molecule has 8 heteroatoms. The predicted molar refractivity (Wildman–Crippen MR) is 69.1 cm³/mol. The van der Waals surface area contributed by atoms with Gasteiger partial charge >= 0.3 is 12.0 Å². The molecular formula is C13H14F2N2O4. The Kier molecular flexibility index (Phi) is 4.37. The molecule has 2 amide bonds. The molecule has 1 saturated heterocycles. The molecule has 1 aromatic rings. The average Bonchev–Trinajstić information content (AvgIpc) is 2.41. The Morgan fingerprint density at radius 1 is 1.29 bits per heavy atom. The molecule has 0 saturated carbocycles. The number of hydrogen-bond donors (Lipinski definition) is 3. The Bertz CT molecular complexity index is 580. The number of hydrogen-bond acceptors (Lipinski definition) is 3. The lowest BCUT2D eigenvalue weighted by molar-refractivity contribution is 0.0691. The van der Waals surface area contributed by atoms with Crippen LogP contribution >= 0.6 is 0 Å². The quantitative estimate of drug-likeness (QED) is 0.774. The van der Waals surface area contributed by atoms with Crippen molar-refractivity contribution in [1.82, 2.24) is 4.90 Å². The van der Waals surface area contributed by atoms with Gasteiger partial charge in [0.25, 0.3) is 0 Å². The van der Waals surface area contributed by atoms with E-state index in [0.717, 1.165) is 6.07 Å². The van der Waals surface area contributed by atoms with E-state index in [0.29, 0.717) is 25.5 Å². The largest absolute Gasteiger partial charge is 0.478 e. The molecule has 1 aromatic carbocycles. The van der Waals surface area contributed by atoms with E-state index in [1.54, 1.807) is 0 Å². The summed E-state index contributed by atoms with van der Waals surface area (Å²) in [6.07, 6.45) is 0.552. The van der Waals surface area contributed by atoms with Gasteiger partial charge in [-0.05, 0) is 18.9 Å². The number of piperidine rings is 1. The Labute approximate surface area is 119 Å². The van der Waals surface area contributed by atoms with Crippen molar-refractivity contribution in [2.45, 2.75) is 18.9 Å². The molecule has 0 aromatic heterocycles. The summed E-state index contributed by atoms with van der Waals surface area (Å²) >= 11 is 0. The van der Waals surface area contributed by atoms with Gasteiger partial charge in [-0.1, -0.05) is 0 Å². The van der Waals surface area contributed by atoms with Crippen molar-refractivity contribution in [2.75, 3.05) is 18.4 Å². The zero-order chi connectivity index (χ0) is 15.6. The van der Waals surface area contributed by atoms with E-state index in [1.807, 2.05) is 0 Å². The highest BCUT2D eigenvalue weighted by atomic mass is 19.1. The van der Waals surface area contributed by atoms with Crippen molar-refractivity contribution in [3.63, 3.8) is 0 Å². The number of β-amino-alcohol motifs (C(OH)–C–C–N with tert-alkyl or cyclic N) is 1. The van der Waals surface area contributed by atoms with Gasteiger partial charge in [0.05, 0.1) is 17.4 Å². The lowest BCUT2D eigenvalue weighted by Crippen LogP contribution is -2.44. The summed E-state index contributed by atoms with van der Waals surface area (Å²) in [6, 6.07) is 0.464. The molecule has 3 N–H and O–H groups in total. The second-order valence-electron chi connectivity index (χ2n) is 4.79. The fourth-order valence-corrected chi connectivity index (χ4v) is 2.14. The van der Waals surface area contributed by atoms with Crippen LogP contribution in [-0.4, -0.2) is 46.3 Å². The number of aliphatic hydroxyl groups is 1. The first-order chi connectivity index (χ1) is 9.88. The first kappa shape index (κ1) is 15.2. The number of carbonyl (C=O) groups excluding carboxylic acids is 1. The van der Waals surface area contributed by atoms with Crippen LogP contribution in [0.5, 0.6) is 0 Å². The summed E-state index contributed by atoms with van der Waals surface area (Å²) in [6.45, 7) is 0.512. The van der Waals surface area contributed by atoms with Crippen LogP contribution in [0, 0.1) is 11.6 Å². The third-order valence-corrected chi connectivity index (χ3v) is 3.21. The third-order valence-electron chi connectivity index (χ3n) is 3.21. The van der Waals surface area contributed by atoms with Gasteiger partial charge in [0, 0.05) is 19.2 Å². The molecule has 1 aliphatic rings. The smallest absolute Gasteiger partial charge is 0.338 e. The lowest BCUT2D eigenvalue weighted by Gasteiger charge is -2.30. The number of carboxylic acids is 1. The maximum Gasteiger partial charge on any atom is 0.338 e. The van der Waals surface area contributed by atoms with Crippen LogP contribution in [0.1, 0.15) is 23.2 Å². The Hall–Kier alpha value is -2.22. The standard InChI is InChI=1S/C13H14F2N2O4/c14-9-5-10(15)11(4-8(9)12(19)20)16-13(21)17-3-1-2-7(18)6-17/h4-5,7,18H,1-3,6H2,(H,16,21)(H,19,20). The minimum absolute atomic E-state index is 0.112. The predicted octanol–water partition coefficient (Wildman–Crippen LogP) is 1.65. The number of benzene rings is 1. The van der Waals surface area contributed by atoms with E-state index in [-0.39, 0.29) is 6.54 Å². The normalized spacial score (nSPS) is 18.4. The number of anilines is 1. The highest BCUT2D eigenvalue weighted by Crippen LogP contribution is 2.21. The molecule has 1 atom stereocenters. The number of nitrogens with zero attached hydrogens (tertiary/aromatic N) is 1. The average molecular weight is 300 g/mol. The molecule has 114 valence electrons. The molecule has 0 bridgehead atoms. The maximum absolute atomic E-state index is 13.6. The van der Waals surface area contributed by atoms with Gasteiger partial charge in [-0.3, -0.25) is 0 Å². The van der Waals surface area contributed by atoms with Crippen LogP contribution in [0.25, 0.3) is 0 Å². The van der Waals surface area contributed by atoms with Gasteiger partial charge in [0.2, 0.25) is 0 Å². The summed E-state index contributed by atoms with van der Waals surface area (Å²) in [4.78, 5) is 24.0. The number of aliphatic hydroxyl groups excluding tert-OH is 1. The Balaban J connectivity index is 2.17. The van der Waals surface area contributed by atoms with Gasteiger partial charge in [0.15, 0.2) is 0 Å². The van der Waals surface area contributed by atoms with Crippen molar-refractivity contribution in [1.29, 1.82) is 0 Å². The summed E-state index contributed by atoms with van der Waals surface area (Å²) in [7, 11) is 0. The van der Waals surface area contributed by atoms with E-state index in [9.17, 15) is 23.5 Å². The van der Waals surface area contributed by atoms with Crippen molar-refractivity contribution >= 4 is 17.7 Å². The van der Waals surface area contributed by atoms with E-state index in [4.69, 9.17) is 5.11 Å². The van der Waals surface area contributed by atoms with E-state index >= 15 is 0 Å². The number of rotatable bonds is 2. The Morgan fingerprint density at radius 2 is 2.00 bits per heavy atom. The molecule has 1 unspecified atom stereocenters. The SMILES string of the molecule is O=C(O)c1cc(NC(=O)N2CCCC(O)C2)c(F)cc1F. The van der Waals surface area contributed by atoms with E-state index in [2.05, 4.69) is 5.32 Å². The number of nitrogens with one attached hydrogen (secondary N) is 1. The first-order valence-corrected chi connectivity index (χ1v) is 6.35. The fraction of sp³-hybridized carbons (Fsp3) is 0.385. The van der Waals surface area contributed by atoms with Gasteiger partial charge in [-0.25, -0.2) is 18.4 Å². The van der Waals surface area contributed by atoms with Crippen LogP contribution in [0.2, 0.25) is 0 Å². The minimum Gasteiger partial charge on any atom is -0.478 e. The summed E-state index contributed by atoms with van der Waals surface area (Å²) in [5.74, 6) is -3.84. The number of carboxylic acid groups (broad SMARTS) is 1. The van der Waals surface area contributed by atoms with E-state index < -0.39 is 41.0 Å². The van der Waals surface area contributed by atoms with E-state index in [1.165, 1.54) is 4.90 Å². The van der Waals surface area contributed by atoms with Crippen LogP contribution in [0.4, 0.5) is 19.3 Å². The molecule has 0 aliphatic carbocycles. The number of urea groups is 1. The molecule has 1 fully saturated rings. The monoisotopic (exact) mass is 300 g/mol. The molecule has 1 aliphatic heterocycles. The second-order valence-corrected chi connectivity index (χ2v) is 4.79. The van der Waals surface area contributed by atoms with Gasteiger partial charge < -0.3 is 20.4 Å². The molecule has 1 heterocycles. The van der Waals surface area contributed by atoms with Crippen molar-refractivity contribution in [2.24, 2.45) is 0 Å². The van der Waals surface area contributed by atoms with Crippen molar-refractivity contribution in [3.05, 3.63) is 29.3 Å². The highest BCUT2D eigenvalue weighted by molar-refractivity contribution is 5.93. The van der Waals surface area contributed by atoms with Crippen LogP contribution in [-0.2, 0) is 0 Å². The number of amides is 2. The Morgan fingerprint density at radius 3 is 2.62 bits per heavy atom. The molecule has 6 nitrogen and oxygen atoms in total. The summed E-state index contributed by atoms with van der Waals surface area (Å²) in [5.41, 5.74) is -1.15. The topological polar surface area (TPSA) is 89.9 Å². The second kappa shape index (κ2) is 6.04. The molecule has 2 rings (SSSR count). The van der Waals surface area contributed by atoms with Crippen LogP contribution in [0.15, 0.2) is 12.1 Å². The summed E-state index contributed by atoms with van der Waals surface area (Å²) in [5, 5.41) is 20.5. The van der Waals surface area contributed by atoms with Crippen LogP contribution in [0.3, 0.4) is 0 Å². The lowest BCUT2D eigenvalue weighted by atomic mass is 10.1. The zero-order valence-electron chi connectivity index (χ0n) is 11.0. The molecule has 21 heavy (non-hydrogen) atoms. The van der Waals surface area contributed by atoms with Gasteiger partial charge in [-0.15, -0.1) is 0 Å².